The largest absolute Gasteiger partial charge is 0.462 e. The van der Waals surface area contributed by atoms with Gasteiger partial charge in [0.15, 0.2) is 6.10 Å². The van der Waals surface area contributed by atoms with Crippen LogP contribution >= 0.6 is 0 Å². The summed E-state index contributed by atoms with van der Waals surface area (Å²) >= 11 is 0. The summed E-state index contributed by atoms with van der Waals surface area (Å²) in [6.07, 6.45) is 97.5. The Balaban J connectivity index is 4.54. The molecular formula is C73H112O6. The molecule has 0 aromatic rings. The smallest absolute Gasteiger partial charge is 0.306 e. The first-order chi connectivity index (χ1) is 39.0. The molecule has 0 amide bonds. The first kappa shape index (κ1) is 73.5. The second kappa shape index (κ2) is 65.0. The fraction of sp³-hybridized carbons (Fsp3) is 0.548. The van der Waals surface area contributed by atoms with Gasteiger partial charge in [-0.25, -0.2) is 0 Å². The fourth-order valence-corrected chi connectivity index (χ4v) is 7.82. The summed E-state index contributed by atoms with van der Waals surface area (Å²) in [7, 11) is 0. The van der Waals surface area contributed by atoms with E-state index >= 15 is 0 Å². The lowest BCUT2D eigenvalue weighted by atomic mass is 10.1. The molecule has 0 aromatic carbocycles. The molecule has 0 radical (unpaired) electrons. The van der Waals surface area contributed by atoms with E-state index in [1.165, 1.54) is 25.7 Å². The van der Waals surface area contributed by atoms with Crippen LogP contribution < -0.4 is 0 Å². The summed E-state index contributed by atoms with van der Waals surface area (Å²) in [5.41, 5.74) is 0. The van der Waals surface area contributed by atoms with E-state index in [2.05, 4.69) is 203 Å². The van der Waals surface area contributed by atoms with Crippen molar-refractivity contribution in [3.63, 3.8) is 0 Å². The van der Waals surface area contributed by atoms with Crippen LogP contribution in [0.4, 0.5) is 0 Å². The van der Waals surface area contributed by atoms with Crippen molar-refractivity contribution in [3.05, 3.63) is 182 Å². The number of ether oxygens (including phenoxy) is 3. The Kier molecular flexibility index (Phi) is 60.5. The number of allylic oxidation sites excluding steroid dienone is 30. The molecule has 0 aliphatic rings. The average molecular weight is 1090 g/mol. The van der Waals surface area contributed by atoms with Crippen molar-refractivity contribution in [1.82, 2.24) is 0 Å². The van der Waals surface area contributed by atoms with Crippen molar-refractivity contribution in [1.29, 1.82) is 0 Å². The molecule has 6 nitrogen and oxygen atoms in total. The Hall–Kier alpha value is -5.49. The van der Waals surface area contributed by atoms with Gasteiger partial charge in [0.1, 0.15) is 13.2 Å². The Labute approximate surface area is 484 Å². The summed E-state index contributed by atoms with van der Waals surface area (Å²) in [5.74, 6) is -1.02. The third-order valence-electron chi connectivity index (χ3n) is 12.4. The van der Waals surface area contributed by atoms with Crippen LogP contribution in [0.2, 0.25) is 0 Å². The van der Waals surface area contributed by atoms with Gasteiger partial charge in [0.2, 0.25) is 0 Å². The van der Waals surface area contributed by atoms with Crippen LogP contribution in [-0.2, 0) is 28.6 Å². The average Bonchev–Trinajstić information content (AvgIpc) is 3.45. The van der Waals surface area contributed by atoms with Crippen molar-refractivity contribution >= 4 is 17.9 Å². The van der Waals surface area contributed by atoms with Gasteiger partial charge in [0, 0.05) is 19.3 Å². The molecule has 0 N–H and O–H groups in total. The highest BCUT2D eigenvalue weighted by Gasteiger charge is 2.19. The molecule has 0 saturated heterocycles. The van der Waals surface area contributed by atoms with Gasteiger partial charge in [-0.1, -0.05) is 254 Å². The predicted molar refractivity (Wildman–Crippen MR) is 343 cm³/mol. The first-order valence-electron chi connectivity index (χ1n) is 31.3. The molecule has 0 spiro atoms. The molecule has 1 atom stereocenters. The van der Waals surface area contributed by atoms with Crippen LogP contribution in [0.25, 0.3) is 0 Å². The Morgan fingerprint density at radius 2 is 0.468 bits per heavy atom. The monoisotopic (exact) mass is 1080 g/mol. The highest BCUT2D eigenvalue weighted by atomic mass is 16.6. The maximum absolute atomic E-state index is 12.9. The zero-order valence-electron chi connectivity index (χ0n) is 50.3. The van der Waals surface area contributed by atoms with Crippen LogP contribution in [-0.4, -0.2) is 37.2 Å². The first-order valence-corrected chi connectivity index (χ1v) is 31.3. The zero-order chi connectivity index (χ0) is 57.1. The summed E-state index contributed by atoms with van der Waals surface area (Å²) < 4.78 is 16.8. The van der Waals surface area contributed by atoms with Gasteiger partial charge < -0.3 is 14.2 Å². The molecular weight excluding hydrogens is 973 g/mol. The van der Waals surface area contributed by atoms with Gasteiger partial charge in [-0.2, -0.15) is 0 Å². The minimum absolute atomic E-state index is 0.119. The number of hydrogen-bond acceptors (Lipinski definition) is 6. The molecule has 0 aromatic heterocycles. The van der Waals surface area contributed by atoms with Gasteiger partial charge in [-0.3, -0.25) is 14.4 Å². The zero-order valence-corrected chi connectivity index (χ0v) is 50.3. The maximum atomic E-state index is 12.9. The highest BCUT2D eigenvalue weighted by Crippen LogP contribution is 2.13. The molecule has 0 heterocycles. The lowest BCUT2D eigenvalue weighted by Crippen LogP contribution is -2.30. The minimum Gasteiger partial charge on any atom is -0.462 e. The van der Waals surface area contributed by atoms with E-state index in [9.17, 15) is 14.4 Å². The van der Waals surface area contributed by atoms with Gasteiger partial charge in [0.25, 0.3) is 0 Å². The molecule has 0 rings (SSSR count). The topological polar surface area (TPSA) is 78.9 Å². The number of esters is 3. The number of hydrogen-bond donors (Lipinski definition) is 0. The lowest BCUT2D eigenvalue weighted by molar-refractivity contribution is -0.167. The number of rotatable bonds is 54. The van der Waals surface area contributed by atoms with E-state index in [4.69, 9.17) is 14.2 Å². The van der Waals surface area contributed by atoms with Gasteiger partial charge in [-0.05, 0) is 148 Å². The maximum Gasteiger partial charge on any atom is 0.306 e. The molecule has 0 bridgehead atoms. The van der Waals surface area contributed by atoms with E-state index < -0.39 is 6.10 Å². The Morgan fingerprint density at radius 3 is 0.759 bits per heavy atom. The van der Waals surface area contributed by atoms with E-state index in [1.54, 1.807) is 0 Å². The molecule has 0 aliphatic heterocycles. The third kappa shape index (κ3) is 63.2. The lowest BCUT2D eigenvalue weighted by Gasteiger charge is -2.18. The third-order valence-corrected chi connectivity index (χ3v) is 12.4. The number of carbonyl (C=O) groups is 3. The highest BCUT2D eigenvalue weighted by molar-refractivity contribution is 5.71. The molecule has 0 fully saturated rings. The van der Waals surface area contributed by atoms with E-state index in [0.717, 1.165) is 167 Å². The van der Waals surface area contributed by atoms with Crippen molar-refractivity contribution in [2.24, 2.45) is 0 Å². The van der Waals surface area contributed by atoms with Crippen molar-refractivity contribution < 1.29 is 28.6 Å². The Morgan fingerprint density at radius 1 is 0.253 bits per heavy atom. The minimum atomic E-state index is -0.828. The van der Waals surface area contributed by atoms with E-state index in [0.29, 0.717) is 12.8 Å². The molecule has 79 heavy (non-hydrogen) atoms. The second-order valence-corrected chi connectivity index (χ2v) is 19.8. The van der Waals surface area contributed by atoms with Crippen LogP contribution in [0.3, 0.4) is 0 Å². The number of carbonyl (C=O) groups excluding carboxylic acids is 3. The van der Waals surface area contributed by atoms with E-state index in [-0.39, 0.29) is 44.0 Å². The summed E-state index contributed by atoms with van der Waals surface area (Å²) in [6.45, 7) is 6.21. The summed E-state index contributed by atoms with van der Waals surface area (Å²) in [4.78, 5) is 38.3. The normalized spacial score (nSPS) is 13.4. The fourth-order valence-electron chi connectivity index (χ4n) is 7.82. The molecule has 0 aliphatic carbocycles. The van der Waals surface area contributed by atoms with Crippen molar-refractivity contribution in [2.45, 2.75) is 245 Å². The second-order valence-electron chi connectivity index (χ2n) is 19.8. The standard InChI is InChI=1S/C73H112O6/c1-4-7-10-13-16-19-22-25-28-31-33-34-35-36-37-38-40-42-45-48-51-54-57-60-63-66-72(75)78-69-70(68-77-71(74)65-62-59-56-53-50-47-44-41-30-27-24-21-18-15-12-9-6-3)79-73(76)67-64-61-58-55-52-49-46-43-39-32-29-26-23-20-17-14-11-8-5-2/h7-12,16-21,25-30,33-34,36-37,39-40,42-44,47,53,56,70H,4-6,13-15,22-24,31-32,35,38,41,45-46,48-52,54-55,57-69H2,1-3H3/b10-7-,11-8-,12-9-,19-16-,20-17-,21-18-,28-25-,29-26-,30-27-,34-33-,37-36-,42-40-,43-39-,47-44-,56-53-. The van der Waals surface area contributed by atoms with Crippen LogP contribution in [0.5, 0.6) is 0 Å². The molecule has 1 unspecified atom stereocenters. The SMILES string of the molecule is CC/C=C\C/C=C\C/C=C\C/C=C\C/C=C\C/C=C\CCCCCCCCC(=O)OCC(COC(=O)CCC/C=C\C/C=C\C/C=C\C/C=C\C/C=C\CC)OC(=O)CCCCCCCC/C=C\C/C=C\C/C=C\C/C=C\CC. The molecule has 6 heteroatoms. The van der Waals surface area contributed by atoms with Crippen LogP contribution in [0, 0.1) is 0 Å². The quantitative estimate of drug-likeness (QED) is 0.0261. The summed E-state index contributed by atoms with van der Waals surface area (Å²) in [6, 6.07) is 0. The molecule has 440 valence electrons. The van der Waals surface area contributed by atoms with Crippen molar-refractivity contribution in [3.8, 4) is 0 Å². The Bertz CT molecular complexity index is 1870. The number of unbranched alkanes of at least 4 members (excludes halogenated alkanes) is 13. The van der Waals surface area contributed by atoms with Gasteiger partial charge in [0.05, 0.1) is 0 Å². The van der Waals surface area contributed by atoms with Crippen LogP contribution in [0.15, 0.2) is 182 Å². The van der Waals surface area contributed by atoms with Gasteiger partial charge in [-0.15, -0.1) is 0 Å². The van der Waals surface area contributed by atoms with Crippen LogP contribution in [0.1, 0.15) is 239 Å². The van der Waals surface area contributed by atoms with Gasteiger partial charge >= 0.3 is 17.9 Å². The van der Waals surface area contributed by atoms with E-state index in [1.807, 2.05) is 0 Å². The predicted octanol–water partition coefficient (Wildman–Crippen LogP) is 21.7. The van der Waals surface area contributed by atoms with Crippen molar-refractivity contribution in [2.75, 3.05) is 13.2 Å². The summed E-state index contributed by atoms with van der Waals surface area (Å²) in [5, 5.41) is 0. The molecule has 0 saturated carbocycles.